The zero-order chi connectivity index (χ0) is 22.6. The molecule has 3 heterocycles. The van der Waals surface area contributed by atoms with Crippen LogP contribution >= 0.6 is 11.3 Å². The number of nitrogens with zero attached hydrogens (tertiary/aromatic N) is 2. The molecule has 0 spiro atoms. The molecule has 10 heteroatoms. The van der Waals surface area contributed by atoms with Crippen LogP contribution < -0.4 is 10.2 Å². The lowest BCUT2D eigenvalue weighted by molar-refractivity contribution is -0.134. The first-order valence-electron chi connectivity index (χ1n) is 9.60. The minimum absolute atomic E-state index is 0.00815. The van der Waals surface area contributed by atoms with Crippen molar-refractivity contribution in [2.45, 2.75) is 18.6 Å². The van der Waals surface area contributed by atoms with Gasteiger partial charge in [0.25, 0.3) is 0 Å². The number of benzene rings is 2. The molecule has 164 valence electrons. The van der Waals surface area contributed by atoms with Crippen LogP contribution in [0.5, 0.6) is 0 Å². The average molecular weight is 463 g/mol. The molecule has 5 rings (SSSR count). The van der Waals surface area contributed by atoms with E-state index in [0.29, 0.717) is 29.1 Å². The molecule has 0 radical (unpaired) electrons. The first-order chi connectivity index (χ1) is 15.2. The Hall–Kier alpha value is -3.27. The molecule has 1 N–H and O–H groups in total. The Kier molecular flexibility index (Phi) is 4.77. The van der Waals surface area contributed by atoms with Crippen LogP contribution in [0.25, 0.3) is 11.1 Å². The third-order valence-corrected chi connectivity index (χ3v) is 6.47. The predicted molar refractivity (Wildman–Crippen MR) is 112 cm³/mol. The van der Waals surface area contributed by atoms with Crippen LogP contribution in [0.2, 0.25) is 0 Å². The van der Waals surface area contributed by atoms with Crippen molar-refractivity contribution in [2.75, 3.05) is 11.4 Å². The molecule has 2 aliphatic heterocycles. The summed E-state index contributed by atoms with van der Waals surface area (Å²) >= 11 is 0.456. The van der Waals surface area contributed by atoms with E-state index in [0.717, 1.165) is 23.8 Å². The van der Waals surface area contributed by atoms with Gasteiger partial charge in [-0.25, -0.2) is 13.6 Å². The highest BCUT2D eigenvalue weighted by Crippen LogP contribution is 2.40. The normalized spacial score (nSPS) is 17.7. The quantitative estimate of drug-likeness (QED) is 0.459. The van der Waals surface area contributed by atoms with Gasteiger partial charge in [0.1, 0.15) is 16.5 Å². The Morgan fingerprint density at radius 2 is 1.81 bits per heavy atom. The highest BCUT2D eigenvalue weighted by molar-refractivity contribution is 7.10. The van der Waals surface area contributed by atoms with Gasteiger partial charge in [-0.2, -0.15) is 13.2 Å². The maximum Gasteiger partial charge on any atom is 0.425 e. The number of amides is 2. The molecule has 0 aliphatic carbocycles. The van der Waals surface area contributed by atoms with E-state index in [1.165, 1.54) is 10.3 Å². The van der Waals surface area contributed by atoms with Crippen molar-refractivity contribution < 1.29 is 26.7 Å². The SMILES string of the molecule is O=C1NCC(c2c(F)cc(-c3csc(C(F)(F)F)c3)cc2F)N1c1ccc2c(c1)N=CC2. The van der Waals surface area contributed by atoms with E-state index >= 15 is 8.78 Å². The topological polar surface area (TPSA) is 44.7 Å². The lowest BCUT2D eigenvalue weighted by atomic mass is 9.99. The number of aliphatic imine (C=N–C) groups is 1. The monoisotopic (exact) mass is 463 g/mol. The molecular weight excluding hydrogens is 449 g/mol. The maximum absolute atomic E-state index is 15.1. The smallest absolute Gasteiger partial charge is 0.335 e. The molecule has 1 atom stereocenters. The highest BCUT2D eigenvalue weighted by Gasteiger charge is 2.37. The van der Waals surface area contributed by atoms with Crippen molar-refractivity contribution >= 4 is 35.0 Å². The fraction of sp³-hybridized carbons (Fsp3) is 0.182. The Bertz CT molecular complexity index is 1240. The number of urea groups is 1. The van der Waals surface area contributed by atoms with Crippen LogP contribution in [0.1, 0.15) is 22.0 Å². The first-order valence-corrected chi connectivity index (χ1v) is 10.5. The second-order valence-electron chi connectivity index (χ2n) is 7.45. The summed E-state index contributed by atoms with van der Waals surface area (Å²) in [7, 11) is 0. The van der Waals surface area contributed by atoms with Gasteiger partial charge >= 0.3 is 12.2 Å². The molecule has 0 saturated carbocycles. The fourth-order valence-corrected chi connectivity index (χ4v) is 4.76. The lowest BCUT2D eigenvalue weighted by Gasteiger charge is -2.25. The summed E-state index contributed by atoms with van der Waals surface area (Å²) in [5, 5.41) is 3.80. The van der Waals surface area contributed by atoms with Crippen molar-refractivity contribution in [2.24, 2.45) is 4.99 Å². The largest absolute Gasteiger partial charge is 0.425 e. The number of carbonyl (C=O) groups excluding carboxylic acids is 1. The number of carbonyl (C=O) groups is 1. The summed E-state index contributed by atoms with van der Waals surface area (Å²) in [6, 6.07) is 6.57. The van der Waals surface area contributed by atoms with E-state index in [-0.39, 0.29) is 23.2 Å². The molecular formula is C22H14F5N3OS. The Labute approximate surface area is 183 Å². The second kappa shape index (κ2) is 7.40. The van der Waals surface area contributed by atoms with E-state index in [1.54, 1.807) is 18.3 Å². The molecule has 2 amide bonds. The van der Waals surface area contributed by atoms with Crippen LogP contribution in [0, 0.1) is 11.6 Å². The van der Waals surface area contributed by atoms with Gasteiger partial charge in [0.2, 0.25) is 0 Å². The predicted octanol–water partition coefficient (Wildman–Crippen LogP) is 6.24. The highest BCUT2D eigenvalue weighted by atomic mass is 32.1. The molecule has 2 aromatic carbocycles. The minimum atomic E-state index is -4.53. The van der Waals surface area contributed by atoms with Crippen molar-refractivity contribution in [3.05, 3.63) is 69.4 Å². The van der Waals surface area contributed by atoms with Crippen LogP contribution in [0.3, 0.4) is 0 Å². The minimum Gasteiger partial charge on any atom is -0.335 e. The standard InChI is InChI=1S/C22H14F5N3OS/c23-15-5-12(13-7-19(32-10-13)22(25,26)27)6-16(24)20(15)18-9-29-21(31)30(18)14-2-1-11-3-4-28-17(11)8-14/h1-2,4-8,10,18H,3,9H2,(H,29,31). The van der Waals surface area contributed by atoms with Gasteiger partial charge in [-0.05, 0) is 52.4 Å². The summed E-state index contributed by atoms with van der Waals surface area (Å²) in [6.45, 7) is -0.0248. The van der Waals surface area contributed by atoms with Crippen molar-refractivity contribution in [1.82, 2.24) is 5.32 Å². The Balaban J connectivity index is 1.52. The van der Waals surface area contributed by atoms with E-state index in [2.05, 4.69) is 10.3 Å². The lowest BCUT2D eigenvalue weighted by Crippen LogP contribution is -2.30. The van der Waals surface area contributed by atoms with E-state index in [1.807, 2.05) is 6.07 Å². The zero-order valence-corrected chi connectivity index (χ0v) is 17.0. The first kappa shape index (κ1) is 20.6. The summed E-state index contributed by atoms with van der Waals surface area (Å²) < 4.78 is 68.8. The third-order valence-electron chi connectivity index (χ3n) is 5.49. The van der Waals surface area contributed by atoms with Gasteiger partial charge in [-0.15, -0.1) is 11.3 Å². The van der Waals surface area contributed by atoms with Crippen LogP contribution in [-0.2, 0) is 12.6 Å². The number of fused-ring (bicyclic) bond motifs is 1. The van der Waals surface area contributed by atoms with E-state index in [4.69, 9.17) is 0 Å². The molecule has 32 heavy (non-hydrogen) atoms. The molecule has 1 unspecified atom stereocenters. The second-order valence-corrected chi connectivity index (χ2v) is 8.36. The number of anilines is 1. The van der Waals surface area contributed by atoms with Crippen molar-refractivity contribution in [3.8, 4) is 11.1 Å². The van der Waals surface area contributed by atoms with Crippen LogP contribution in [0.4, 0.5) is 38.1 Å². The van der Waals surface area contributed by atoms with E-state index < -0.39 is 34.8 Å². The van der Waals surface area contributed by atoms with E-state index in [9.17, 15) is 18.0 Å². The van der Waals surface area contributed by atoms with Gasteiger partial charge in [0.05, 0.1) is 11.7 Å². The third kappa shape index (κ3) is 3.44. The molecule has 1 aromatic heterocycles. The average Bonchev–Trinajstić information content (AvgIpc) is 3.46. The van der Waals surface area contributed by atoms with Crippen LogP contribution in [0.15, 0.2) is 46.8 Å². The number of thiophene rings is 1. The number of hydrogen-bond donors (Lipinski definition) is 1. The summed E-state index contributed by atoms with van der Waals surface area (Å²) in [6.07, 6.45) is -2.12. The summed E-state index contributed by atoms with van der Waals surface area (Å²) in [5.41, 5.74) is 1.85. The molecule has 4 nitrogen and oxygen atoms in total. The number of halogens is 5. The Morgan fingerprint density at radius 1 is 1.06 bits per heavy atom. The molecule has 1 saturated heterocycles. The van der Waals surface area contributed by atoms with Gasteiger partial charge in [0, 0.05) is 30.4 Å². The number of alkyl halides is 3. The molecule has 2 aliphatic rings. The number of nitrogens with one attached hydrogen (secondary N) is 1. The molecule has 3 aromatic rings. The maximum atomic E-state index is 15.1. The fourth-order valence-electron chi connectivity index (χ4n) is 3.97. The van der Waals surface area contributed by atoms with Gasteiger partial charge in [-0.1, -0.05) is 6.07 Å². The van der Waals surface area contributed by atoms with Crippen molar-refractivity contribution in [3.63, 3.8) is 0 Å². The Morgan fingerprint density at radius 3 is 2.50 bits per heavy atom. The van der Waals surface area contributed by atoms with Crippen LogP contribution in [-0.4, -0.2) is 18.8 Å². The molecule has 0 bridgehead atoms. The zero-order valence-electron chi connectivity index (χ0n) is 16.2. The van der Waals surface area contributed by atoms with Gasteiger partial charge < -0.3 is 5.32 Å². The molecule has 1 fully saturated rings. The van der Waals surface area contributed by atoms with Crippen molar-refractivity contribution in [1.29, 1.82) is 0 Å². The summed E-state index contributed by atoms with van der Waals surface area (Å²) in [4.78, 5) is 17.1. The summed E-state index contributed by atoms with van der Waals surface area (Å²) in [5.74, 6) is -1.88. The number of hydrogen-bond acceptors (Lipinski definition) is 3. The van der Waals surface area contributed by atoms with Gasteiger partial charge in [0.15, 0.2) is 0 Å². The number of rotatable bonds is 3. The van der Waals surface area contributed by atoms with Gasteiger partial charge in [-0.3, -0.25) is 9.89 Å².